The van der Waals surface area contributed by atoms with Crippen molar-refractivity contribution in [2.75, 3.05) is 5.32 Å². The monoisotopic (exact) mass is 361 g/mol. The number of rotatable bonds is 3. The lowest BCUT2D eigenvalue weighted by molar-refractivity contribution is 0.627. The number of nitrogens with zero attached hydrogens (tertiary/aromatic N) is 2. The predicted octanol–water partition coefficient (Wildman–Crippen LogP) is 5.40. The van der Waals surface area contributed by atoms with Gasteiger partial charge in [-0.05, 0) is 23.8 Å². The summed E-state index contributed by atoms with van der Waals surface area (Å²) in [6.07, 6.45) is 0. The summed E-state index contributed by atoms with van der Waals surface area (Å²) < 4.78 is 21.4. The number of hydrogen-bond donors (Lipinski definition) is 1. The standard InChI is InChI=1S/C13H7Cl3FN3S/c14-8-3-7(17)2-1-6(8)5-18-11-9(15)4-10(16)12-13(11)20-21-19-12/h1-4,18H,5H2. The average molecular weight is 363 g/mol. The molecule has 8 heteroatoms. The fraction of sp³-hybridized carbons (Fsp3) is 0.0769. The summed E-state index contributed by atoms with van der Waals surface area (Å²) in [5.74, 6) is -0.376. The van der Waals surface area contributed by atoms with Crippen LogP contribution in [-0.4, -0.2) is 8.75 Å². The van der Waals surface area contributed by atoms with Crippen LogP contribution < -0.4 is 5.32 Å². The molecule has 21 heavy (non-hydrogen) atoms. The van der Waals surface area contributed by atoms with E-state index in [-0.39, 0.29) is 5.82 Å². The van der Waals surface area contributed by atoms with Gasteiger partial charge < -0.3 is 5.32 Å². The van der Waals surface area contributed by atoms with Gasteiger partial charge in [-0.15, -0.1) is 0 Å². The Labute approximate surface area is 139 Å². The van der Waals surface area contributed by atoms with Crippen molar-refractivity contribution in [2.24, 2.45) is 0 Å². The highest BCUT2D eigenvalue weighted by molar-refractivity contribution is 7.00. The zero-order valence-corrected chi connectivity index (χ0v) is 13.4. The first-order chi connectivity index (χ1) is 10.1. The molecule has 0 amide bonds. The Morgan fingerprint density at radius 2 is 1.76 bits per heavy atom. The fourth-order valence-electron chi connectivity index (χ4n) is 1.89. The van der Waals surface area contributed by atoms with Gasteiger partial charge >= 0.3 is 0 Å². The molecule has 1 heterocycles. The minimum atomic E-state index is -0.376. The van der Waals surface area contributed by atoms with Crippen LogP contribution in [0.3, 0.4) is 0 Å². The third kappa shape index (κ3) is 2.92. The number of fused-ring (bicyclic) bond motifs is 1. The second-order valence-electron chi connectivity index (χ2n) is 4.27. The highest BCUT2D eigenvalue weighted by atomic mass is 35.5. The molecule has 0 saturated carbocycles. The van der Waals surface area contributed by atoms with Gasteiger partial charge in [0.15, 0.2) is 0 Å². The second-order valence-corrected chi connectivity index (χ2v) is 6.02. The molecule has 0 atom stereocenters. The van der Waals surface area contributed by atoms with Gasteiger partial charge in [0.1, 0.15) is 16.9 Å². The van der Waals surface area contributed by atoms with E-state index in [2.05, 4.69) is 14.1 Å². The first kappa shape index (κ1) is 14.8. The van der Waals surface area contributed by atoms with Gasteiger partial charge in [-0.2, -0.15) is 8.75 Å². The summed E-state index contributed by atoms with van der Waals surface area (Å²) in [5.41, 5.74) is 2.58. The van der Waals surface area contributed by atoms with Crippen molar-refractivity contribution in [3.8, 4) is 0 Å². The third-order valence-corrected chi connectivity index (χ3v) is 4.38. The molecule has 0 aliphatic rings. The van der Waals surface area contributed by atoms with E-state index in [1.807, 2.05) is 0 Å². The van der Waals surface area contributed by atoms with Gasteiger partial charge in [0.2, 0.25) is 0 Å². The van der Waals surface area contributed by atoms with Gasteiger partial charge in [-0.1, -0.05) is 40.9 Å². The molecule has 0 aliphatic carbocycles. The van der Waals surface area contributed by atoms with E-state index in [1.54, 1.807) is 12.1 Å². The van der Waals surface area contributed by atoms with Crippen LogP contribution in [0.4, 0.5) is 10.1 Å². The van der Waals surface area contributed by atoms with Gasteiger partial charge in [0.25, 0.3) is 0 Å². The minimum absolute atomic E-state index is 0.347. The molecule has 0 saturated heterocycles. The van der Waals surface area contributed by atoms with E-state index in [1.165, 1.54) is 12.1 Å². The number of benzene rings is 2. The normalized spacial score (nSPS) is 11.0. The van der Waals surface area contributed by atoms with Gasteiger partial charge in [0.05, 0.1) is 27.5 Å². The van der Waals surface area contributed by atoms with Crippen molar-refractivity contribution in [1.82, 2.24) is 8.75 Å². The Morgan fingerprint density at radius 3 is 2.52 bits per heavy atom. The van der Waals surface area contributed by atoms with Crippen LogP contribution in [0.15, 0.2) is 24.3 Å². The van der Waals surface area contributed by atoms with Gasteiger partial charge in [0, 0.05) is 11.6 Å². The van der Waals surface area contributed by atoms with E-state index in [9.17, 15) is 4.39 Å². The Kier molecular flexibility index (Phi) is 4.17. The molecule has 0 unspecified atom stereocenters. The number of nitrogens with one attached hydrogen (secondary N) is 1. The molecule has 2 aromatic carbocycles. The molecule has 3 nitrogen and oxygen atoms in total. The van der Waals surface area contributed by atoms with Crippen molar-refractivity contribution in [1.29, 1.82) is 0 Å². The van der Waals surface area contributed by atoms with Crippen LogP contribution in [0.2, 0.25) is 15.1 Å². The number of hydrogen-bond acceptors (Lipinski definition) is 4. The lowest BCUT2D eigenvalue weighted by Gasteiger charge is -2.10. The largest absolute Gasteiger partial charge is 0.378 e. The highest BCUT2D eigenvalue weighted by Gasteiger charge is 2.14. The van der Waals surface area contributed by atoms with Crippen LogP contribution in [-0.2, 0) is 6.54 Å². The van der Waals surface area contributed by atoms with Crippen LogP contribution >= 0.6 is 46.5 Å². The Balaban J connectivity index is 1.93. The van der Waals surface area contributed by atoms with Crippen molar-refractivity contribution in [3.63, 3.8) is 0 Å². The summed E-state index contributed by atoms with van der Waals surface area (Å²) in [5, 5.41) is 4.40. The first-order valence-electron chi connectivity index (χ1n) is 5.84. The molecule has 0 spiro atoms. The summed E-state index contributed by atoms with van der Waals surface area (Å²) in [4.78, 5) is 0. The molecule has 0 fully saturated rings. The number of anilines is 1. The topological polar surface area (TPSA) is 37.8 Å². The van der Waals surface area contributed by atoms with Crippen molar-refractivity contribution in [2.45, 2.75) is 6.54 Å². The Hall–Kier alpha value is -1.14. The molecule has 0 bridgehead atoms. The van der Waals surface area contributed by atoms with Crippen molar-refractivity contribution in [3.05, 3.63) is 50.7 Å². The van der Waals surface area contributed by atoms with Crippen molar-refractivity contribution < 1.29 is 4.39 Å². The SMILES string of the molecule is Fc1ccc(CNc2c(Cl)cc(Cl)c3nsnc23)c(Cl)c1. The van der Waals surface area contributed by atoms with E-state index >= 15 is 0 Å². The zero-order chi connectivity index (χ0) is 15.0. The minimum Gasteiger partial charge on any atom is -0.378 e. The fourth-order valence-corrected chi connectivity index (χ4v) is 3.30. The highest BCUT2D eigenvalue weighted by Crippen LogP contribution is 2.35. The van der Waals surface area contributed by atoms with E-state index in [0.717, 1.165) is 17.3 Å². The van der Waals surface area contributed by atoms with Crippen LogP contribution in [0.25, 0.3) is 11.0 Å². The van der Waals surface area contributed by atoms with Gasteiger partial charge in [-0.3, -0.25) is 0 Å². The molecule has 3 aromatic rings. The molecule has 108 valence electrons. The number of aromatic nitrogens is 2. The van der Waals surface area contributed by atoms with E-state index in [0.29, 0.717) is 38.3 Å². The van der Waals surface area contributed by atoms with Crippen molar-refractivity contribution >= 4 is 63.3 Å². The number of halogens is 4. The summed E-state index contributed by atoms with van der Waals surface area (Å²) >= 11 is 19.3. The quantitative estimate of drug-likeness (QED) is 0.677. The predicted molar refractivity (Wildman–Crippen MR) is 86.2 cm³/mol. The van der Waals surface area contributed by atoms with Crippen LogP contribution in [0, 0.1) is 5.82 Å². The molecular formula is C13H7Cl3FN3S. The third-order valence-electron chi connectivity index (χ3n) is 2.91. The second kappa shape index (κ2) is 5.93. The average Bonchev–Trinajstić information content (AvgIpc) is 2.90. The first-order valence-corrected chi connectivity index (χ1v) is 7.70. The molecule has 1 N–H and O–H groups in total. The smallest absolute Gasteiger partial charge is 0.130 e. The summed E-state index contributed by atoms with van der Waals surface area (Å²) in [6.45, 7) is 0.382. The molecule has 1 aromatic heterocycles. The molecular weight excluding hydrogens is 356 g/mol. The zero-order valence-electron chi connectivity index (χ0n) is 10.3. The lowest BCUT2D eigenvalue weighted by Crippen LogP contribution is -2.02. The Bertz CT molecular complexity index is 822. The maximum absolute atomic E-state index is 13.0. The van der Waals surface area contributed by atoms with Crippen LogP contribution in [0.1, 0.15) is 5.56 Å². The molecule has 3 rings (SSSR count). The van der Waals surface area contributed by atoms with Crippen LogP contribution in [0.5, 0.6) is 0 Å². The maximum Gasteiger partial charge on any atom is 0.130 e. The molecule has 0 aliphatic heterocycles. The Morgan fingerprint density at radius 1 is 1.00 bits per heavy atom. The lowest BCUT2D eigenvalue weighted by atomic mass is 10.2. The maximum atomic E-state index is 13.0. The summed E-state index contributed by atoms with van der Waals surface area (Å²) in [7, 11) is 0. The summed E-state index contributed by atoms with van der Waals surface area (Å²) in [6, 6.07) is 5.85. The van der Waals surface area contributed by atoms with Gasteiger partial charge in [-0.25, -0.2) is 4.39 Å². The van der Waals surface area contributed by atoms with E-state index in [4.69, 9.17) is 34.8 Å². The van der Waals surface area contributed by atoms with E-state index < -0.39 is 0 Å². The molecule has 0 radical (unpaired) electrons.